The number of benzene rings is 2. The average molecular weight is 354 g/mol. The van der Waals surface area contributed by atoms with Gasteiger partial charge in [-0.3, -0.25) is 0 Å². The summed E-state index contributed by atoms with van der Waals surface area (Å²) >= 11 is 0. The third kappa shape index (κ3) is 3.76. The van der Waals surface area contributed by atoms with E-state index in [9.17, 15) is 0 Å². The molecule has 128 valence electrons. The molecule has 0 unspecified atom stereocenters. The lowest BCUT2D eigenvalue weighted by Gasteiger charge is -2.00. The summed E-state index contributed by atoms with van der Waals surface area (Å²) in [6, 6.07) is 18.6. The van der Waals surface area contributed by atoms with Crippen molar-refractivity contribution in [3.05, 3.63) is 77.7 Å². The van der Waals surface area contributed by atoms with Gasteiger partial charge < -0.3 is 14.8 Å². The molecule has 0 aliphatic rings. The van der Waals surface area contributed by atoms with Gasteiger partial charge in [-0.05, 0) is 18.6 Å². The van der Waals surface area contributed by atoms with Gasteiger partial charge in [-0.25, -0.2) is 0 Å². The number of fused-ring (bicyclic) bond motifs is 1. The van der Waals surface area contributed by atoms with Crippen LogP contribution in [0.2, 0.25) is 0 Å². The molecule has 0 saturated heterocycles. The van der Waals surface area contributed by atoms with E-state index in [-0.39, 0.29) is 12.4 Å². The van der Waals surface area contributed by atoms with E-state index in [1.54, 1.807) is 0 Å². The summed E-state index contributed by atoms with van der Waals surface area (Å²) in [5, 5.41) is 8.83. The second kappa shape index (κ2) is 7.55. The molecule has 5 heteroatoms. The Bertz CT molecular complexity index is 956. The number of nitrogens with zero attached hydrogens (tertiary/aromatic N) is 1. The number of halogens is 1. The van der Waals surface area contributed by atoms with Gasteiger partial charge in [-0.2, -0.15) is 0 Å². The molecular formula is C20H20ClN3O. The minimum Gasteiger partial charge on any atom is -0.361 e. The van der Waals surface area contributed by atoms with E-state index in [1.807, 2.05) is 12.1 Å². The molecule has 4 aromatic rings. The second-order valence-electron chi connectivity index (χ2n) is 6.01. The van der Waals surface area contributed by atoms with E-state index in [1.165, 1.54) is 16.5 Å². The van der Waals surface area contributed by atoms with Crippen molar-refractivity contribution in [3.63, 3.8) is 0 Å². The van der Waals surface area contributed by atoms with E-state index in [0.29, 0.717) is 6.54 Å². The predicted molar refractivity (Wildman–Crippen MR) is 103 cm³/mol. The van der Waals surface area contributed by atoms with Gasteiger partial charge in [0.15, 0.2) is 5.76 Å². The first-order valence-corrected chi connectivity index (χ1v) is 8.08. The molecule has 0 amide bonds. The maximum atomic E-state index is 5.44. The highest BCUT2D eigenvalue weighted by Crippen LogP contribution is 2.20. The van der Waals surface area contributed by atoms with Crippen molar-refractivity contribution in [3.8, 4) is 11.3 Å². The molecule has 2 aromatic carbocycles. The Hall–Kier alpha value is -2.56. The zero-order valence-electron chi connectivity index (χ0n) is 14.0. The van der Waals surface area contributed by atoms with Gasteiger partial charge in [0, 0.05) is 35.3 Å². The lowest BCUT2D eigenvalue weighted by atomic mass is 10.1. The topological polar surface area (TPSA) is 53.9 Å². The molecule has 2 heterocycles. The predicted octanol–water partition coefficient (Wildman–Crippen LogP) is 4.84. The summed E-state index contributed by atoms with van der Waals surface area (Å²) in [5.41, 5.74) is 5.61. The molecule has 2 N–H and O–H groups in total. The monoisotopic (exact) mass is 353 g/mol. The minimum atomic E-state index is 0. The van der Waals surface area contributed by atoms with Crippen molar-refractivity contribution in [1.29, 1.82) is 0 Å². The van der Waals surface area contributed by atoms with Crippen LogP contribution in [0.1, 0.15) is 16.9 Å². The van der Waals surface area contributed by atoms with Gasteiger partial charge in [-0.15, -0.1) is 12.4 Å². The molecule has 0 saturated carbocycles. The van der Waals surface area contributed by atoms with Crippen molar-refractivity contribution in [2.45, 2.75) is 20.0 Å². The van der Waals surface area contributed by atoms with Crippen molar-refractivity contribution >= 4 is 23.3 Å². The van der Waals surface area contributed by atoms with Crippen LogP contribution in [0.25, 0.3) is 22.2 Å². The van der Waals surface area contributed by atoms with Crippen LogP contribution in [0.3, 0.4) is 0 Å². The van der Waals surface area contributed by atoms with Crippen LogP contribution in [0.15, 0.2) is 65.3 Å². The van der Waals surface area contributed by atoms with Gasteiger partial charge >= 0.3 is 0 Å². The maximum absolute atomic E-state index is 5.44. The normalized spacial score (nSPS) is 10.8. The molecule has 0 radical (unpaired) electrons. The molecule has 0 atom stereocenters. The Morgan fingerprint density at radius 1 is 1.04 bits per heavy atom. The highest BCUT2D eigenvalue weighted by atomic mass is 35.5. The van der Waals surface area contributed by atoms with Gasteiger partial charge in [0.1, 0.15) is 5.69 Å². The molecule has 25 heavy (non-hydrogen) atoms. The van der Waals surface area contributed by atoms with Crippen molar-refractivity contribution < 1.29 is 4.52 Å². The molecule has 4 nitrogen and oxygen atoms in total. The zero-order chi connectivity index (χ0) is 16.4. The number of hydrogen-bond donors (Lipinski definition) is 2. The van der Waals surface area contributed by atoms with Crippen molar-refractivity contribution in [2.24, 2.45) is 0 Å². The highest BCUT2D eigenvalue weighted by Gasteiger charge is 2.07. The van der Waals surface area contributed by atoms with Crippen LogP contribution in [0.4, 0.5) is 0 Å². The fourth-order valence-corrected chi connectivity index (χ4v) is 2.85. The van der Waals surface area contributed by atoms with Gasteiger partial charge in [0.05, 0.1) is 6.54 Å². The quantitative estimate of drug-likeness (QED) is 0.539. The summed E-state index contributed by atoms with van der Waals surface area (Å²) in [6.07, 6.45) is 2.05. The van der Waals surface area contributed by atoms with E-state index in [2.05, 4.69) is 71.0 Å². The van der Waals surface area contributed by atoms with Crippen LogP contribution < -0.4 is 5.32 Å². The van der Waals surface area contributed by atoms with Crippen LogP contribution in [0.5, 0.6) is 0 Å². The highest BCUT2D eigenvalue weighted by molar-refractivity contribution is 5.85. The van der Waals surface area contributed by atoms with Crippen LogP contribution in [-0.4, -0.2) is 10.1 Å². The Balaban J connectivity index is 0.00000182. The fourth-order valence-electron chi connectivity index (χ4n) is 2.85. The third-order valence-corrected chi connectivity index (χ3v) is 4.20. The number of H-pyrrole nitrogens is 1. The summed E-state index contributed by atoms with van der Waals surface area (Å²) in [4.78, 5) is 3.29. The Morgan fingerprint density at radius 2 is 1.84 bits per heavy atom. The van der Waals surface area contributed by atoms with Gasteiger partial charge in [-0.1, -0.05) is 53.2 Å². The molecule has 0 aliphatic carbocycles. The van der Waals surface area contributed by atoms with Crippen molar-refractivity contribution in [1.82, 2.24) is 15.5 Å². The molecule has 4 rings (SSSR count). The molecule has 0 spiro atoms. The van der Waals surface area contributed by atoms with E-state index in [4.69, 9.17) is 4.52 Å². The smallest absolute Gasteiger partial charge is 0.151 e. The second-order valence-corrected chi connectivity index (χ2v) is 6.01. The summed E-state index contributed by atoms with van der Waals surface area (Å²) in [6.45, 7) is 3.51. The number of aryl methyl sites for hydroxylation is 1. The zero-order valence-corrected chi connectivity index (χ0v) is 14.8. The van der Waals surface area contributed by atoms with Gasteiger partial charge in [0.2, 0.25) is 0 Å². The molecule has 2 aromatic heterocycles. The largest absolute Gasteiger partial charge is 0.361 e. The summed E-state index contributed by atoms with van der Waals surface area (Å²) in [7, 11) is 0. The van der Waals surface area contributed by atoms with Crippen LogP contribution in [0, 0.1) is 6.92 Å². The number of para-hydroxylation sites is 1. The standard InChI is InChI=1S/C20H19N3O.ClH/c1-14-6-8-15(9-7-14)20-10-17(24-23-20)13-21-11-16-12-22-19-5-3-2-4-18(16)19;/h2-10,12,21-22H,11,13H2,1H3;1H. The molecular weight excluding hydrogens is 334 g/mol. The number of aromatic amines is 1. The SMILES string of the molecule is Cc1ccc(-c2cc(CNCc3c[nH]c4ccccc34)on2)cc1.Cl. The lowest BCUT2D eigenvalue weighted by molar-refractivity contribution is 0.374. The summed E-state index contributed by atoms with van der Waals surface area (Å²) in [5.74, 6) is 0.838. The first-order chi connectivity index (χ1) is 11.8. The van der Waals surface area contributed by atoms with Crippen LogP contribution in [-0.2, 0) is 13.1 Å². The molecule has 0 bridgehead atoms. The minimum absolute atomic E-state index is 0. The Labute approximate surface area is 152 Å². The van der Waals surface area contributed by atoms with E-state index < -0.39 is 0 Å². The van der Waals surface area contributed by atoms with E-state index in [0.717, 1.165) is 29.1 Å². The number of aromatic nitrogens is 2. The molecule has 0 fully saturated rings. The lowest BCUT2D eigenvalue weighted by Crippen LogP contribution is -2.11. The van der Waals surface area contributed by atoms with Crippen molar-refractivity contribution in [2.75, 3.05) is 0 Å². The maximum Gasteiger partial charge on any atom is 0.151 e. The Kier molecular flexibility index (Phi) is 5.22. The first kappa shape index (κ1) is 17.3. The molecule has 0 aliphatic heterocycles. The van der Waals surface area contributed by atoms with Gasteiger partial charge in [0.25, 0.3) is 0 Å². The number of rotatable bonds is 5. The number of nitrogens with one attached hydrogen (secondary N) is 2. The summed E-state index contributed by atoms with van der Waals surface area (Å²) < 4.78 is 5.44. The average Bonchev–Trinajstić information content (AvgIpc) is 3.23. The third-order valence-electron chi connectivity index (χ3n) is 4.20. The first-order valence-electron chi connectivity index (χ1n) is 8.08. The van der Waals surface area contributed by atoms with Crippen LogP contribution >= 0.6 is 12.4 Å². The Morgan fingerprint density at radius 3 is 2.68 bits per heavy atom. The number of hydrogen-bond acceptors (Lipinski definition) is 3. The van der Waals surface area contributed by atoms with E-state index >= 15 is 0 Å². The fraction of sp³-hybridized carbons (Fsp3) is 0.150.